The molecule has 2 aromatic heterocycles. The van der Waals surface area contributed by atoms with Crippen molar-refractivity contribution in [3.05, 3.63) is 23.3 Å². The third kappa shape index (κ3) is 3.53. The summed E-state index contributed by atoms with van der Waals surface area (Å²) in [5.74, 6) is 1.45. The molecular weight excluding hydrogens is 341 g/mol. The van der Waals surface area contributed by atoms with Crippen molar-refractivity contribution in [2.24, 2.45) is 0 Å². The van der Waals surface area contributed by atoms with E-state index in [4.69, 9.17) is 0 Å². The zero-order valence-corrected chi connectivity index (χ0v) is 14.1. The molecule has 0 radical (unpaired) electrons. The molecule has 0 unspecified atom stereocenters. The lowest BCUT2D eigenvalue weighted by molar-refractivity contribution is -0.140. The highest BCUT2D eigenvalue weighted by atomic mass is 32.1. The normalized spacial score (nSPS) is 15.7. The topological polar surface area (TPSA) is 48.4 Å². The average Bonchev–Trinajstić information content (AvgIpc) is 3.05. The Morgan fingerprint density at radius 3 is 2.33 bits per heavy atom. The van der Waals surface area contributed by atoms with Crippen molar-refractivity contribution in [1.29, 1.82) is 0 Å². The summed E-state index contributed by atoms with van der Waals surface area (Å²) in [5.41, 5.74) is -0.827. The first-order valence-electron chi connectivity index (χ1n) is 7.37. The van der Waals surface area contributed by atoms with E-state index in [1.165, 1.54) is 0 Å². The minimum Gasteiger partial charge on any atom is -0.363 e. The molecule has 0 spiro atoms. The predicted molar refractivity (Wildman–Crippen MR) is 87.9 cm³/mol. The van der Waals surface area contributed by atoms with E-state index in [0.717, 1.165) is 22.5 Å². The smallest absolute Gasteiger partial charge is 0.363 e. The van der Waals surface area contributed by atoms with Crippen LogP contribution in [0.5, 0.6) is 0 Å². The molecule has 24 heavy (non-hydrogen) atoms. The van der Waals surface area contributed by atoms with Gasteiger partial charge in [-0.1, -0.05) is 0 Å². The molecule has 0 atom stereocenters. The molecule has 0 N–H and O–H groups in total. The number of hydrogen-bond acceptors (Lipinski definition) is 7. The SMILES string of the molecule is CN(C)c1ccnc(N2CCN(c3nc(C(F)(F)F)cs3)CC2)n1. The van der Waals surface area contributed by atoms with Crippen molar-refractivity contribution >= 4 is 28.2 Å². The minimum absolute atomic E-state index is 0.407. The number of halogens is 3. The van der Waals surface area contributed by atoms with Crippen molar-refractivity contribution in [3.63, 3.8) is 0 Å². The van der Waals surface area contributed by atoms with E-state index < -0.39 is 11.9 Å². The standard InChI is InChI=1S/C14H17F3N6S/c1-21(2)11-3-4-18-12(20-11)22-5-7-23(8-6-22)13-19-10(9-24-13)14(15,16)17/h3-4,9H,5-8H2,1-2H3. The average molecular weight is 358 g/mol. The molecule has 1 aliphatic heterocycles. The summed E-state index contributed by atoms with van der Waals surface area (Å²) >= 11 is 1.02. The highest BCUT2D eigenvalue weighted by Gasteiger charge is 2.34. The first-order valence-corrected chi connectivity index (χ1v) is 8.25. The fourth-order valence-electron chi connectivity index (χ4n) is 2.38. The molecule has 3 rings (SSSR count). The highest BCUT2D eigenvalue weighted by molar-refractivity contribution is 7.13. The maximum absolute atomic E-state index is 12.7. The Kier molecular flexibility index (Phi) is 4.48. The summed E-state index contributed by atoms with van der Waals surface area (Å²) in [6.45, 7) is 2.44. The second-order valence-corrected chi connectivity index (χ2v) is 6.43. The molecule has 130 valence electrons. The van der Waals surface area contributed by atoms with Crippen LogP contribution in [0, 0.1) is 0 Å². The largest absolute Gasteiger partial charge is 0.434 e. The van der Waals surface area contributed by atoms with Crippen LogP contribution in [0.3, 0.4) is 0 Å². The number of piperazine rings is 1. The summed E-state index contributed by atoms with van der Waals surface area (Å²) in [6.07, 6.45) is -2.68. The van der Waals surface area contributed by atoms with Gasteiger partial charge >= 0.3 is 6.18 Å². The summed E-state index contributed by atoms with van der Waals surface area (Å²) in [5, 5.41) is 1.47. The molecular formula is C14H17F3N6S. The van der Waals surface area contributed by atoms with Gasteiger partial charge in [-0.3, -0.25) is 0 Å². The maximum Gasteiger partial charge on any atom is 0.434 e. The van der Waals surface area contributed by atoms with Crippen molar-refractivity contribution in [2.75, 3.05) is 55.0 Å². The summed E-state index contributed by atoms with van der Waals surface area (Å²) in [4.78, 5) is 18.3. The van der Waals surface area contributed by atoms with Gasteiger partial charge in [0.15, 0.2) is 10.8 Å². The zero-order valence-electron chi connectivity index (χ0n) is 13.3. The van der Waals surface area contributed by atoms with E-state index in [1.54, 1.807) is 6.20 Å². The number of aromatic nitrogens is 3. The van der Waals surface area contributed by atoms with Crippen LogP contribution in [0.25, 0.3) is 0 Å². The summed E-state index contributed by atoms with van der Waals surface area (Å²) in [7, 11) is 3.81. The molecule has 0 aromatic carbocycles. The Morgan fingerprint density at radius 1 is 1.08 bits per heavy atom. The first-order chi connectivity index (χ1) is 11.3. The van der Waals surface area contributed by atoms with E-state index in [2.05, 4.69) is 15.0 Å². The van der Waals surface area contributed by atoms with Gasteiger partial charge in [-0.05, 0) is 6.07 Å². The van der Waals surface area contributed by atoms with Crippen LogP contribution < -0.4 is 14.7 Å². The zero-order chi connectivity index (χ0) is 17.3. The maximum atomic E-state index is 12.7. The minimum atomic E-state index is -4.39. The lowest BCUT2D eigenvalue weighted by Gasteiger charge is -2.34. The van der Waals surface area contributed by atoms with Gasteiger partial charge < -0.3 is 14.7 Å². The Labute approximate surface area is 141 Å². The molecule has 0 saturated carbocycles. The van der Waals surface area contributed by atoms with E-state index in [-0.39, 0.29) is 0 Å². The summed E-state index contributed by atoms with van der Waals surface area (Å²) in [6, 6.07) is 1.83. The number of thiazole rings is 1. The van der Waals surface area contributed by atoms with Gasteiger partial charge in [0.05, 0.1) is 0 Å². The van der Waals surface area contributed by atoms with Gasteiger partial charge in [0.1, 0.15) is 5.82 Å². The van der Waals surface area contributed by atoms with Crippen LogP contribution in [-0.2, 0) is 6.18 Å². The molecule has 0 bridgehead atoms. The lowest BCUT2D eigenvalue weighted by atomic mass is 10.3. The Balaban J connectivity index is 1.65. The molecule has 0 amide bonds. The first kappa shape index (κ1) is 16.7. The molecule has 0 aliphatic carbocycles. The fraction of sp³-hybridized carbons (Fsp3) is 0.500. The molecule has 10 heteroatoms. The molecule has 3 heterocycles. The lowest BCUT2D eigenvalue weighted by Crippen LogP contribution is -2.47. The Morgan fingerprint density at radius 2 is 1.75 bits per heavy atom. The van der Waals surface area contributed by atoms with Gasteiger partial charge in [-0.25, -0.2) is 9.97 Å². The Bertz CT molecular complexity index is 694. The fourth-order valence-corrected chi connectivity index (χ4v) is 3.26. The number of hydrogen-bond donors (Lipinski definition) is 0. The predicted octanol–water partition coefficient (Wildman–Crippen LogP) is 2.34. The van der Waals surface area contributed by atoms with Crippen LogP contribution in [0.15, 0.2) is 17.6 Å². The van der Waals surface area contributed by atoms with E-state index >= 15 is 0 Å². The van der Waals surface area contributed by atoms with Crippen molar-refractivity contribution in [2.45, 2.75) is 6.18 Å². The monoisotopic (exact) mass is 358 g/mol. The second kappa shape index (κ2) is 6.42. The third-order valence-corrected chi connectivity index (χ3v) is 4.60. The van der Waals surface area contributed by atoms with Gasteiger partial charge in [0.2, 0.25) is 5.95 Å². The van der Waals surface area contributed by atoms with Crippen LogP contribution in [0.2, 0.25) is 0 Å². The molecule has 6 nitrogen and oxygen atoms in total. The quantitative estimate of drug-likeness (QED) is 0.839. The number of rotatable bonds is 3. The number of alkyl halides is 3. The second-order valence-electron chi connectivity index (χ2n) is 5.60. The molecule has 1 aliphatic rings. The van der Waals surface area contributed by atoms with E-state index in [1.807, 2.05) is 34.9 Å². The number of nitrogens with zero attached hydrogens (tertiary/aromatic N) is 6. The van der Waals surface area contributed by atoms with Crippen LogP contribution in [0.1, 0.15) is 5.69 Å². The number of anilines is 3. The third-order valence-electron chi connectivity index (χ3n) is 3.70. The van der Waals surface area contributed by atoms with Gasteiger partial charge in [-0.15, -0.1) is 11.3 Å². The summed E-state index contributed by atoms with van der Waals surface area (Å²) < 4.78 is 38.0. The van der Waals surface area contributed by atoms with E-state index in [9.17, 15) is 13.2 Å². The van der Waals surface area contributed by atoms with Crippen molar-refractivity contribution in [1.82, 2.24) is 15.0 Å². The van der Waals surface area contributed by atoms with Gasteiger partial charge in [0, 0.05) is 51.9 Å². The highest BCUT2D eigenvalue weighted by Crippen LogP contribution is 2.33. The molecule has 1 fully saturated rings. The van der Waals surface area contributed by atoms with E-state index in [0.29, 0.717) is 37.3 Å². The molecule has 1 saturated heterocycles. The van der Waals surface area contributed by atoms with Crippen LogP contribution in [-0.4, -0.2) is 55.2 Å². The van der Waals surface area contributed by atoms with Crippen molar-refractivity contribution < 1.29 is 13.2 Å². The van der Waals surface area contributed by atoms with Crippen LogP contribution in [0.4, 0.5) is 30.1 Å². The molecule has 2 aromatic rings. The van der Waals surface area contributed by atoms with Crippen molar-refractivity contribution in [3.8, 4) is 0 Å². The van der Waals surface area contributed by atoms with Gasteiger partial charge in [-0.2, -0.15) is 18.2 Å². The Hall–Kier alpha value is -2.10. The van der Waals surface area contributed by atoms with Crippen LogP contribution >= 0.6 is 11.3 Å². The van der Waals surface area contributed by atoms with Gasteiger partial charge in [0.25, 0.3) is 0 Å².